The molecule has 1 unspecified atom stereocenters. The Morgan fingerprint density at radius 1 is 1.36 bits per heavy atom. The third kappa shape index (κ3) is 3.41. The molecule has 0 heterocycles. The summed E-state index contributed by atoms with van der Waals surface area (Å²) < 4.78 is 0. The first-order valence-corrected chi connectivity index (χ1v) is 4.43. The first kappa shape index (κ1) is 10.5. The van der Waals surface area contributed by atoms with E-state index in [9.17, 15) is 0 Å². The topological polar surface area (TPSA) is 0 Å². The van der Waals surface area contributed by atoms with Gasteiger partial charge in [-0.1, -0.05) is 37.1 Å². The van der Waals surface area contributed by atoms with Crippen molar-refractivity contribution < 1.29 is 0 Å². The Kier molecular flexibility index (Phi) is 4.93. The van der Waals surface area contributed by atoms with Gasteiger partial charge in [-0.3, -0.25) is 0 Å². The van der Waals surface area contributed by atoms with Crippen molar-refractivity contribution in [3.05, 3.63) is 23.3 Å². The van der Waals surface area contributed by atoms with Crippen molar-refractivity contribution >= 4 is 0 Å². The minimum Gasteiger partial charge on any atom is -0.0874 e. The summed E-state index contributed by atoms with van der Waals surface area (Å²) in [6.07, 6.45) is 5.52. The van der Waals surface area contributed by atoms with Crippen molar-refractivity contribution in [3.63, 3.8) is 0 Å². The quantitative estimate of drug-likeness (QED) is 0.537. The Morgan fingerprint density at radius 2 is 1.91 bits per heavy atom. The molecule has 0 aliphatic heterocycles. The predicted octanol–water partition coefficient (Wildman–Crippen LogP) is 3.95. The lowest BCUT2D eigenvalue weighted by molar-refractivity contribution is 0.650. The van der Waals surface area contributed by atoms with E-state index in [0.29, 0.717) is 0 Å². The summed E-state index contributed by atoms with van der Waals surface area (Å²) in [5.74, 6) is 0.728. The van der Waals surface area contributed by atoms with Crippen molar-refractivity contribution in [2.24, 2.45) is 5.92 Å². The SMILES string of the molecule is CC=CC(C)=C(C)C(C)CC. The summed E-state index contributed by atoms with van der Waals surface area (Å²) in [4.78, 5) is 0. The molecule has 0 heteroatoms. The van der Waals surface area contributed by atoms with E-state index in [4.69, 9.17) is 0 Å². The second-order valence-corrected chi connectivity index (χ2v) is 3.18. The van der Waals surface area contributed by atoms with Gasteiger partial charge in [-0.05, 0) is 33.1 Å². The molecule has 0 saturated carbocycles. The standard InChI is InChI=1S/C11H20/c1-6-8-10(4)11(5)9(3)7-2/h6,8-9H,7H2,1-5H3. The average molecular weight is 152 g/mol. The zero-order valence-corrected chi connectivity index (χ0v) is 8.44. The molecule has 0 aromatic carbocycles. The minimum atomic E-state index is 0.728. The first-order valence-electron chi connectivity index (χ1n) is 4.43. The molecule has 0 aliphatic rings. The van der Waals surface area contributed by atoms with Gasteiger partial charge in [0.15, 0.2) is 0 Å². The molecular weight excluding hydrogens is 132 g/mol. The second kappa shape index (κ2) is 5.17. The smallest absolute Gasteiger partial charge is 0.0231 e. The van der Waals surface area contributed by atoms with Gasteiger partial charge >= 0.3 is 0 Å². The van der Waals surface area contributed by atoms with Crippen LogP contribution in [0, 0.1) is 5.92 Å². The minimum absolute atomic E-state index is 0.728. The molecular formula is C11H20. The molecule has 0 aromatic heterocycles. The van der Waals surface area contributed by atoms with E-state index in [2.05, 4.69) is 46.8 Å². The van der Waals surface area contributed by atoms with Gasteiger partial charge in [-0.2, -0.15) is 0 Å². The van der Waals surface area contributed by atoms with Gasteiger partial charge in [0.1, 0.15) is 0 Å². The van der Waals surface area contributed by atoms with Crippen LogP contribution in [0.15, 0.2) is 23.3 Å². The summed E-state index contributed by atoms with van der Waals surface area (Å²) in [5, 5.41) is 0. The highest BCUT2D eigenvalue weighted by atomic mass is 14.1. The third-order valence-corrected chi connectivity index (χ3v) is 2.39. The lowest BCUT2D eigenvalue weighted by Crippen LogP contribution is -1.95. The van der Waals surface area contributed by atoms with Crippen molar-refractivity contribution in [1.82, 2.24) is 0 Å². The number of rotatable bonds is 3. The number of hydrogen-bond donors (Lipinski definition) is 0. The normalized spacial score (nSPS) is 16.8. The summed E-state index contributed by atoms with van der Waals surface area (Å²) in [6, 6.07) is 0. The van der Waals surface area contributed by atoms with Crippen LogP contribution in [-0.4, -0.2) is 0 Å². The van der Waals surface area contributed by atoms with Gasteiger partial charge in [0, 0.05) is 0 Å². The Balaban J connectivity index is 4.38. The van der Waals surface area contributed by atoms with Crippen LogP contribution >= 0.6 is 0 Å². The van der Waals surface area contributed by atoms with Gasteiger partial charge in [0.05, 0.1) is 0 Å². The maximum Gasteiger partial charge on any atom is -0.0231 e. The third-order valence-electron chi connectivity index (χ3n) is 2.39. The van der Waals surface area contributed by atoms with Gasteiger partial charge in [0.25, 0.3) is 0 Å². The second-order valence-electron chi connectivity index (χ2n) is 3.18. The largest absolute Gasteiger partial charge is 0.0874 e. The maximum absolute atomic E-state index is 2.28. The van der Waals surface area contributed by atoms with E-state index < -0.39 is 0 Å². The Bertz CT molecular complexity index is 161. The molecule has 1 atom stereocenters. The molecule has 0 saturated heterocycles. The lowest BCUT2D eigenvalue weighted by atomic mass is 9.95. The fraction of sp³-hybridized carbons (Fsp3) is 0.636. The van der Waals surface area contributed by atoms with Crippen LogP contribution in [0.25, 0.3) is 0 Å². The van der Waals surface area contributed by atoms with Crippen LogP contribution in [0.3, 0.4) is 0 Å². The zero-order chi connectivity index (χ0) is 8.85. The van der Waals surface area contributed by atoms with Gasteiger partial charge in [0.2, 0.25) is 0 Å². The average Bonchev–Trinajstić information content (AvgIpc) is 2.02. The molecule has 0 aromatic rings. The molecule has 0 fully saturated rings. The molecule has 11 heavy (non-hydrogen) atoms. The van der Waals surface area contributed by atoms with Crippen LogP contribution < -0.4 is 0 Å². The van der Waals surface area contributed by atoms with Crippen molar-refractivity contribution in [1.29, 1.82) is 0 Å². The Labute approximate surface area is 71.0 Å². The molecule has 0 radical (unpaired) electrons. The summed E-state index contributed by atoms with van der Waals surface area (Å²) in [7, 11) is 0. The van der Waals surface area contributed by atoms with E-state index in [0.717, 1.165) is 5.92 Å². The molecule has 0 bridgehead atoms. The van der Waals surface area contributed by atoms with Crippen LogP contribution in [0.1, 0.15) is 41.0 Å². The number of hydrogen-bond acceptors (Lipinski definition) is 0. The molecule has 0 rings (SSSR count). The first-order chi connectivity index (χ1) is 5.13. The van der Waals surface area contributed by atoms with Crippen LogP contribution in [0.4, 0.5) is 0 Å². The van der Waals surface area contributed by atoms with E-state index in [1.807, 2.05) is 0 Å². The molecule has 0 spiro atoms. The summed E-state index contributed by atoms with van der Waals surface area (Å²) in [6.45, 7) is 11.0. The van der Waals surface area contributed by atoms with E-state index in [-0.39, 0.29) is 0 Å². The van der Waals surface area contributed by atoms with Crippen LogP contribution in [-0.2, 0) is 0 Å². The van der Waals surface area contributed by atoms with Crippen molar-refractivity contribution in [3.8, 4) is 0 Å². The van der Waals surface area contributed by atoms with Gasteiger partial charge in [-0.15, -0.1) is 0 Å². The molecule has 64 valence electrons. The van der Waals surface area contributed by atoms with E-state index in [1.54, 1.807) is 0 Å². The molecule has 0 nitrogen and oxygen atoms in total. The zero-order valence-electron chi connectivity index (χ0n) is 8.44. The summed E-state index contributed by atoms with van der Waals surface area (Å²) in [5.41, 5.74) is 2.94. The fourth-order valence-electron chi connectivity index (χ4n) is 1.08. The predicted molar refractivity (Wildman–Crippen MR) is 52.6 cm³/mol. The Hall–Kier alpha value is -0.520. The highest BCUT2D eigenvalue weighted by Gasteiger charge is 2.01. The van der Waals surface area contributed by atoms with Crippen LogP contribution in [0.2, 0.25) is 0 Å². The summed E-state index contributed by atoms with van der Waals surface area (Å²) >= 11 is 0. The highest BCUT2D eigenvalue weighted by molar-refractivity contribution is 5.23. The monoisotopic (exact) mass is 152 g/mol. The van der Waals surface area contributed by atoms with E-state index >= 15 is 0 Å². The fourth-order valence-corrected chi connectivity index (χ4v) is 1.08. The Morgan fingerprint density at radius 3 is 2.27 bits per heavy atom. The van der Waals surface area contributed by atoms with E-state index in [1.165, 1.54) is 17.6 Å². The molecule has 0 aliphatic carbocycles. The highest BCUT2D eigenvalue weighted by Crippen LogP contribution is 2.17. The molecule has 0 N–H and O–H groups in total. The maximum atomic E-state index is 2.28. The number of allylic oxidation sites excluding steroid dienone is 4. The van der Waals surface area contributed by atoms with Crippen molar-refractivity contribution in [2.75, 3.05) is 0 Å². The van der Waals surface area contributed by atoms with Gasteiger partial charge in [-0.25, -0.2) is 0 Å². The lowest BCUT2D eigenvalue weighted by Gasteiger charge is -2.10. The van der Waals surface area contributed by atoms with Crippen LogP contribution in [0.5, 0.6) is 0 Å². The van der Waals surface area contributed by atoms with Gasteiger partial charge < -0.3 is 0 Å². The molecule has 0 amide bonds. The van der Waals surface area contributed by atoms with Crippen molar-refractivity contribution in [2.45, 2.75) is 41.0 Å².